The molecule has 4 heteroatoms. The monoisotopic (exact) mass is 246 g/mol. The summed E-state index contributed by atoms with van der Waals surface area (Å²) in [5.74, 6) is 0.770. The van der Waals surface area contributed by atoms with Crippen molar-refractivity contribution in [3.8, 4) is 0 Å². The fourth-order valence-electron chi connectivity index (χ4n) is 1.81. The van der Waals surface area contributed by atoms with Crippen molar-refractivity contribution in [1.29, 1.82) is 0 Å². The number of hydrogen-bond acceptors (Lipinski definition) is 2. The standard InChI is InChI=1S/C14H15FN2O/c1-17-9-8-16-14(17)7-6-13(18)10-11-2-4-12(15)5-3-11/h2-5,8-9H,6-7,10H2,1H3. The quantitative estimate of drug-likeness (QED) is 0.811. The summed E-state index contributed by atoms with van der Waals surface area (Å²) in [4.78, 5) is 15.9. The van der Waals surface area contributed by atoms with Crippen molar-refractivity contribution in [2.24, 2.45) is 7.05 Å². The van der Waals surface area contributed by atoms with Crippen molar-refractivity contribution < 1.29 is 9.18 Å². The highest BCUT2D eigenvalue weighted by Crippen LogP contribution is 2.07. The van der Waals surface area contributed by atoms with Crippen LogP contribution in [0.5, 0.6) is 0 Å². The van der Waals surface area contributed by atoms with Gasteiger partial charge < -0.3 is 4.57 Å². The van der Waals surface area contributed by atoms with Gasteiger partial charge in [-0.15, -0.1) is 0 Å². The van der Waals surface area contributed by atoms with Crippen LogP contribution in [0.1, 0.15) is 17.8 Å². The zero-order chi connectivity index (χ0) is 13.0. The molecule has 2 rings (SSSR count). The molecule has 0 aliphatic rings. The van der Waals surface area contributed by atoms with Crippen LogP contribution >= 0.6 is 0 Å². The molecule has 0 saturated carbocycles. The zero-order valence-electron chi connectivity index (χ0n) is 10.3. The van der Waals surface area contributed by atoms with Gasteiger partial charge in [-0.05, 0) is 17.7 Å². The molecule has 0 aliphatic heterocycles. The van der Waals surface area contributed by atoms with E-state index in [1.54, 1.807) is 18.3 Å². The molecule has 0 radical (unpaired) electrons. The summed E-state index contributed by atoms with van der Waals surface area (Å²) in [5.41, 5.74) is 0.848. The second kappa shape index (κ2) is 5.58. The van der Waals surface area contributed by atoms with E-state index in [-0.39, 0.29) is 11.6 Å². The smallest absolute Gasteiger partial charge is 0.137 e. The first-order chi connectivity index (χ1) is 8.65. The minimum Gasteiger partial charge on any atom is -0.338 e. The second-order valence-electron chi connectivity index (χ2n) is 4.30. The summed E-state index contributed by atoms with van der Waals surface area (Å²) in [7, 11) is 1.91. The van der Waals surface area contributed by atoms with E-state index in [1.807, 2.05) is 17.8 Å². The first-order valence-electron chi connectivity index (χ1n) is 5.87. The van der Waals surface area contributed by atoms with Gasteiger partial charge in [-0.1, -0.05) is 12.1 Å². The lowest BCUT2D eigenvalue weighted by Crippen LogP contribution is -2.07. The summed E-state index contributed by atoms with van der Waals surface area (Å²) in [5, 5.41) is 0. The number of rotatable bonds is 5. The molecule has 0 N–H and O–H groups in total. The Morgan fingerprint density at radius 2 is 2.06 bits per heavy atom. The van der Waals surface area contributed by atoms with Crippen molar-refractivity contribution in [2.45, 2.75) is 19.3 Å². The Morgan fingerprint density at radius 3 is 2.67 bits per heavy atom. The molecule has 0 fully saturated rings. The molecule has 2 aromatic rings. The van der Waals surface area contributed by atoms with Crippen molar-refractivity contribution in [1.82, 2.24) is 9.55 Å². The van der Waals surface area contributed by atoms with Gasteiger partial charge in [0.05, 0.1) is 0 Å². The van der Waals surface area contributed by atoms with Gasteiger partial charge in [0, 0.05) is 38.7 Å². The van der Waals surface area contributed by atoms with Crippen molar-refractivity contribution >= 4 is 5.78 Å². The Kier molecular flexibility index (Phi) is 3.87. The third kappa shape index (κ3) is 3.26. The summed E-state index contributed by atoms with van der Waals surface area (Å²) in [6.45, 7) is 0. The highest BCUT2D eigenvalue weighted by molar-refractivity contribution is 5.80. The molecule has 0 spiro atoms. The van der Waals surface area contributed by atoms with Gasteiger partial charge in [0.2, 0.25) is 0 Å². The maximum atomic E-state index is 12.7. The molecular formula is C14H15FN2O. The molecule has 0 bridgehead atoms. The van der Waals surface area contributed by atoms with Crippen LogP contribution in [-0.4, -0.2) is 15.3 Å². The number of imidazole rings is 1. The molecule has 0 aliphatic carbocycles. The third-order valence-electron chi connectivity index (χ3n) is 2.86. The Bertz CT molecular complexity index is 531. The highest BCUT2D eigenvalue weighted by atomic mass is 19.1. The predicted octanol–water partition coefficient (Wildman–Crippen LogP) is 2.30. The predicted molar refractivity (Wildman–Crippen MR) is 66.6 cm³/mol. The van der Waals surface area contributed by atoms with E-state index in [2.05, 4.69) is 4.98 Å². The van der Waals surface area contributed by atoms with E-state index >= 15 is 0 Å². The lowest BCUT2D eigenvalue weighted by atomic mass is 10.1. The molecule has 0 amide bonds. The van der Waals surface area contributed by atoms with E-state index in [0.29, 0.717) is 19.3 Å². The van der Waals surface area contributed by atoms with E-state index in [1.165, 1.54) is 12.1 Å². The van der Waals surface area contributed by atoms with Crippen LogP contribution in [-0.2, 0) is 24.7 Å². The molecular weight excluding hydrogens is 231 g/mol. The number of hydrogen-bond donors (Lipinski definition) is 0. The van der Waals surface area contributed by atoms with Crippen LogP contribution in [0.3, 0.4) is 0 Å². The number of ketones is 1. The van der Waals surface area contributed by atoms with Gasteiger partial charge in [-0.25, -0.2) is 9.37 Å². The number of Topliss-reactive ketones (excluding diaryl/α,β-unsaturated/α-hetero) is 1. The van der Waals surface area contributed by atoms with Crippen molar-refractivity contribution in [2.75, 3.05) is 0 Å². The second-order valence-corrected chi connectivity index (χ2v) is 4.30. The van der Waals surface area contributed by atoms with Gasteiger partial charge in [0.1, 0.15) is 17.4 Å². The van der Waals surface area contributed by atoms with Gasteiger partial charge >= 0.3 is 0 Å². The first-order valence-corrected chi connectivity index (χ1v) is 5.87. The first kappa shape index (κ1) is 12.5. The lowest BCUT2D eigenvalue weighted by Gasteiger charge is -2.02. The molecule has 94 valence electrons. The molecule has 0 atom stereocenters. The Morgan fingerprint density at radius 1 is 1.33 bits per heavy atom. The van der Waals surface area contributed by atoms with Crippen LogP contribution in [0.2, 0.25) is 0 Å². The summed E-state index contributed by atoms with van der Waals surface area (Å²) < 4.78 is 14.6. The zero-order valence-corrected chi connectivity index (χ0v) is 10.3. The maximum absolute atomic E-state index is 12.7. The van der Waals surface area contributed by atoms with Gasteiger partial charge in [-0.3, -0.25) is 4.79 Å². The summed E-state index contributed by atoms with van der Waals surface area (Å²) in [6.07, 6.45) is 5.04. The van der Waals surface area contributed by atoms with E-state index in [0.717, 1.165) is 11.4 Å². The minimum absolute atomic E-state index is 0.143. The molecule has 3 nitrogen and oxygen atoms in total. The summed E-state index contributed by atoms with van der Waals surface area (Å²) >= 11 is 0. The molecule has 1 aromatic carbocycles. The van der Waals surface area contributed by atoms with Crippen LogP contribution in [0.15, 0.2) is 36.7 Å². The largest absolute Gasteiger partial charge is 0.338 e. The van der Waals surface area contributed by atoms with Crippen LogP contribution in [0, 0.1) is 5.82 Å². The summed E-state index contributed by atoms with van der Waals surface area (Å²) in [6, 6.07) is 6.05. The fourth-order valence-corrected chi connectivity index (χ4v) is 1.81. The minimum atomic E-state index is -0.279. The normalized spacial score (nSPS) is 10.6. The number of carbonyl (C=O) groups is 1. The van der Waals surface area contributed by atoms with Crippen LogP contribution < -0.4 is 0 Å². The van der Waals surface area contributed by atoms with E-state index in [9.17, 15) is 9.18 Å². The molecule has 1 aromatic heterocycles. The van der Waals surface area contributed by atoms with Gasteiger partial charge in [-0.2, -0.15) is 0 Å². The topological polar surface area (TPSA) is 34.9 Å². The number of nitrogens with zero attached hydrogens (tertiary/aromatic N) is 2. The maximum Gasteiger partial charge on any atom is 0.137 e. The molecule has 18 heavy (non-hydrogen) atoms. The van der Waals surface area contributed by atoms with Crippen molar-refractivity contribution in [3.05, 3.63) is 53.9 Å². The van der Waals surface area contributed by atoms with Crippen LogP contribution in [0.4, 0.5) is 4.39 Å². The Balaban J connectivity index is 1.86. The number of aromatic nitrogens is 2. The Hall–Kier alpha value is -1.97. The number of carbonyl (C=O) groups excluding carboxylic acids is 1. The van der Waals surface area contributed by atoms with E-state index < -0.39 is 0 Å². The van der Waals surface area contributed by atoms with Gasteiger partial charge in [0.15, 0.2) is 0 Å². The highest BCUT2D eigenvalue weighted by Gasteiger charge is 2.06. The van der Waals surface area contributed by atoms with E-state index in [4.69, 9.17) is 0 Å². The SMILES string of the molecule is Cn1ccnc1CCC(=O)Cc1ccc(F)cc1. The lowest BCUT2D eigenvalue weighted by molar-refractivity contribution is -0.118. The average Bonchev–Trinajstić information content (AvgIpc) is 2.75. The third-order valence-corrected chi connectivity index (χ3v) is 2.86. The number of halogens is 1. The van der Waals surface area contributed by atoms with Gasteiger partial charge in [0.25, 0.3) is 0 Å². The van der Waals surface area contributed by atoms with Crippen molar-refractivity contribution in [3.63, 3.8) is 0 Å². The molecule has 0 saturated heterocycles. The Labute approximate surface area is 105 Å². The van der Waals surface area contributed by atoms with Crippen LogP contribution in [0.25, 0.3) is 0 Å². The molecule has 0 unspecified atom stereocenters. The number of aryl methyl sites for hydroxylation is 2. The number of benzene rings is 1. The molecule has 1 heterocycles. The average molecular weight is 246 g/mol. The fraction of sp³-hybridized carbons (Fsp3) is 0.286.